The van der Waals surface area contributed by atoms with Gasteiger partial charge < -0.3 is 5.32 Å². The molecule has 1 unspecified atom stereocenters. The summed E-state index contributed by atoms with van der Waals surface area (Å²) in [5.74, 6) is 0.671. The van der Waals surface area contributed by atoms with Crippen LogP contribution in [0.3, 0.4) is 0 Å². The zero-order valence-corrected chi connectivity index (χ0v) is 12.4. The number of halogens is 1. The minimum atomic E-state index is -0.186. The van der Waals surface area contributed by atoms with E-state index in [0.717, 1.165) is 23.6 Å². The third-order valence-electron chi connectivity index (χ3n) is 2.94. The average Bonchev–Trinajstić information content (AvgIpc) is 2.48. The van der Waals surface area contributed by atoms with Gasteiger partial charge in [-0.1, -0.05) is 19.1 Å². The van der Waals surface area contributed by atoms with Crippen molar-refractivity contribution in [3.8, 4) is 0 Å². The van der Waals surface area contributed by atoms with Gasteiger partial charge in [0, 0.05) is 29.1 Å². The molecule has 0 saturated heterocycles. The Bertz CT molecular complexity index is 519. The zero-order valence-electron chi connectivity index (χ0n) is 11.6. The third kappa shape index (κ3) is 4.62. The van der Waals surface area contributed by atoms with Gasteiger partial charge in [0.2, 0.25) is 0 Å². The molecule has 0 bridgehead atoms. The van der Waals surface area contributed by atoms with E-state index in [9.17, 15) is 4.39 Å². The highest BCUT2D eigenvalue weighted by Gasteiger charge is 2.11. The van der Waals surface area contributed by atoms with Crippen LogP contribution in [0.1, 0.15) is 24.9 Å². The van der Waals surface area contributed by atoms with Crippen LogP contribution >= 0.6 is 11.8 Å². The quantitative estimate of drug-likeness (QED) is 0.779. The standard InChI is InChI=1S/C16H19FN2S/c1-2-8-19-16(13-5-4-9-18-11-13)12-20-15-7-3-6-14(17)10-15/h3-7,9-11,16,19H,2,8,12H2,1H3. The van der Waals surface area contributed by atoms with E-state index in [1.807, 2.05) is 18.3 Å². The number of rotatable bonds is 7. The number of nitrogens with one attached hydrogen (secondary N) is 1. The SMILES string of the molecule is CCCNC(CSc1cccc(F)c1)c1cccnc1. The fourth-order valence-corrected chi connectivity index (χ4v) is 2.95. The van der Waals surface area contributed by atoms with Gasteiger partial charge in [-0.25, -0.2) is 4.39 Å². The summed E-state index contributed by atoms with van der Waals surface area (Å²) in [6.07, 6.45) is 4.75. The summed E-state index contributed by atoms with van der Waals surface area (Å²) in [4.78, 5) is 5.13. The third-order valence-corrected chi connectivity index (χ3v) is 4.03. The van der Waals surface area contributed by atoms with E-state index in [1.54, 1.807) is 30.1 Å². The summed E-state index contributed by atoms with van der Waals surface area (Å²) in [5, 5.41) is 3.52. The molecule has 0 aliphatic heterocycles. The van der Waals surface area contributed by atoms with E-state index >= 15 is 0 Å². The van der Waals surface area contributed by atoms with Crippen LogP contribution in [0.15, 0.2) is 53.7 Å². The molecular weight excluding hydrogens is 271 g/mol. The minimum Gasteiger partial charge on any atom is -0.309 e. The fourth-order valence-electron chi connectivity index (χ4n) is 1.91. The summed E-state index contributed by atoms with van der Waals surface area (Å²) < 4.78 is 13.2. The second kappa shape index (κ2) is 8.02. The van der Waals surface area contributed by atoms with Crippen molar-refractivity contribution in [1.29, 1.82) is 0 Å². The zero-order chi connectivity index (χ0) is 14.2. The van der Waals surface area contributed by atoms with Crippen molar-refractivity contribution in [2.24, 2.45) is 0 Å². The monoisotopic (exact) mass is 290 g/mol. The van der Waals surface area contributed by atoms with Crippen molar-refractivity contribution in [3.63, 3.8) is 0 Å². The van der Waals surface area contributed by atoms with Crippen LogP contribution in [0.2, 0.25) is 0 Å². The molecule has 2 nitrogen and oxygen atoms in total. The highest BCUT2D eigenvalue weighted by Crippen LogP contribution is 2.25. The molecule has 2 rings (SSSR count). The highest BCUT2D eigenvalue weighted by molar-refractivity contribution is 7.99. The van der Waals surface area contributed by atoms with Crippen LogP contribution in [0.5, 0.6) is 0 Å². The molecule has 2 aromatic rings. The number of hydrogen-bond acceptors (Lipinski definition) is 3. The van der Waals surface area contributed by atoms with Gasteiger partial charge in [-0.15, -0.1) is 11.8 Å². The lowest BCUT2D eigenvalue weighted by Crippen LogP contribution is -2.24. The molecule has 0 amide bonds. The molecule has 4 heteroatoms. The number of nitrogens with zero attached hydrogens (tertiary/aromatic N) is 1. The van der Waals surface area contributed by atoms with Crippen molar-refractivity contribution in [2.75, 3.05) is 12.3 Å². The topological polar surface area (TPSA) is 24.9 Å². The number of thioether (sulfide) groups is 1. The maximum atomic E-state index is 13.2. The van der Waals surface area contributed by atoms with Crippen LogP contribution < -0.4 is 5.32 Å². The normalized spacial score (nSPS) is 12.3. The van der Waals surface area contributed by atoms with Gasteiger partial charge in [0.15, 0.2) is 0 Å². The first-order valence-corrected chi connectivity index (χ1v) is 7.80. The van der Waals surface area contributed by atoms with Crippen molar-refractivity contribution < 1.29 is 4.39 Å². The molecule has 0 radical (unpaired) electrons. The van der Waals surface area contributed by atoms with E-state index in [0.29, 0.717) is 0 Å². The Balaban J connectivity index is 2.01. The molecule has 0 aliphatic carbocycles. The van der Waals surface area contributed by atoms with Gasteiger partial charge in [0.05, 0.1) is 0 Å². The van der Waals surface area contributed by atoms with E-state index in [2.05, 4.69) is 23.3 Å². The summed E-state index contributed by atoms with van der Waals surface area (Å²) in [6.45, 7) is 3.11. The Morgan fingerprint density at radius 2 is 2.20 bits per heavy atom. The van der Waals surface area contributed by atoms with Crippen LogP contribution in [0.4, 0.5) is 4.39 Å². The van der Waals surface area contributed by atoms with Crippen LogP contribution in [-0.4, -0.2) is 17.3 Å². The van der Waals surface area contributed by atoms with Gasteiger partial charge in [-0.2, -0.15) is 0 Å². The Hall–Kier alpha value is -1.39. The maximum Gasteiger partial charge on any atom is 0.124 e. The molecule has 1 heterocycles. The molecule has 20 heavy (non-hydrogen) atoms. The highest BCUT2D eigenvalue weighted by atomic mass is 32.2. The predicted octanol–water partition coefficient (Wildman–Crippen LogP) is 4.05. The largest absolute Gasteiger partial charge is 0.309 e. The summed E-state index contributed by atoms with van der Waals surface area (Å²) in [7, 11) is 0. The molecule has 0 fully saturated rings. The molecule has 1 aromatic carbocycles. The smallest absolute Gasteiger partial charge is 0.124 e. The van der Waals surface area contributed by atoms with Crippen molar-refractivity contribution in [3.05, 3.63) is 60.2 Å². The Kier molecular flexibility index (Phi) is 6.02. The molecule has 0 aliphatic rings. The average molecular weight is 290 g/mol. The number of aromatic nitrogens is 1. The number of hydrogen-bond donors (Lipinski definition) is 1. The lowest BCUT2D eigenvalue weighted by Gasteiger charge is -2.18. The van der Waals surface area contributed by atoms with E-state index < -0.39 is 0 Å². The van der Waals surface area contributed by atoms with Gasteiger partial charge in [0.25, 0.3) is 0 Å². The molecule has 0 spiro atoms. The molecule has 0 saturated carbocycles. The summed E-state index contributed by atoms with van der Waals surface area (Å²) >= 11 is 1.66. The first kappa shape index (κ1) is 15.0. The Labute approximate surface area is 123 Å². The second-order valence-corrected chi connectivity index (χ2v) is 5.65. The van der Waals surface area contributed by atoms with E-state index in [4.69, 9.17) is 0 Å². The van der Waals surface area contributed by atoms with Crippen molar-refractivity contribution >= 4 is 11.8 Å². The first-order valence-electron chi connectivity index (χ1n) is 6.81. The maximum absolute atomic E-state index is 13.2. The van der Waals surface area contributed by atoms with Crippen LogP contribution in [0.25, 0.3) is 0 Å². The minimum absolute atomic E-state index is 0.186. The Morgan fingerprint density at radius 3 is 2.90 bits per heavy atom. The van der Waals surface area contributed by atoms with Gasteiger partial charge in [0.1, 0.15) is 5.82 Å². The van der Waals surface area contributed by atoms with E-state index in [-0.39, 0.29) is 11.9 Å². The van der Waals surface area contributed by atoms with E-state index in [1.165, 1.54) is 11.6 Å². The first-order chi connectivity index (χ1) is 9.79. The van der Waals surface area contributed by atoms with Crippen LogP contribution in [-0.2, 0) is 0 Å². The predicted molar refractivity (Wildman–Crippen MR) is 82.4 cm³/mol. The van der Waals surface area contributed by atoms with Gasteiger partial charge in [-0.3, -0.25) is 4.98 Å². The van der Waals surface area contributed by atoms with Gasteiger partial charge in [-0.05, 0) is 42.8 Å². The number of benzene rings is 1. The lowest BCUT2D eigenvalue weighted by molar-refractivity contribution is 0.576. The molecule has 106 valence electrons. The number of pyridine rings is 1. The fraction of sp³-hybridized carbons (Fsp3) is 0.312. The van der Waals surface area contributed by atoms with Crippen molar-refractivity contribution in [2.45, 2.75) is 24.3 Å². The molecule has 1 aromatic heterocycles. The van der Waals surface area contributed by atoms with Crippen LogP contribution in [0, 0.1) is 5.82 Å². The van der Waals surface area contributed by atoms with Crippen molar-refractivity contribution in [1.82, 2.24) is 10.3 Å². The lowest BCUT2D eigenvalue weighted by atomic mass is 10.1. The second-order valence-electron chi connectivity index (χ2n) is 4.56. The Morgan fingerprint density at radius 1 is 1.30 bits per heavy atom. The molecule has 1 N–H and O–H groups in total. The van der Waals surface area contributed by atoms with Gasteiger partial charge >= 0.3 is 0 Å². The molecule has 1 atom stereocenters. The summed E-state index contributed by atoms with van der Waals surface area (Å²) in [5.41, 5.74) is 1.17. The molecular formula is C16H19FN2S. The summed E-state index contributed by atoms with van der Waals surface area (Å²) in [6, 6.07) is 11.0.